The summed E-state index contributed by atoms with van der Waals surface area (Å²) in [5, 5.41) is 5.51. The maximum Gasteiger partial charge on any atom is 0.234 e. The first-order valence-electron chi connectivity index (χ1n) is 9.29. The summed E-state index contributed by atoms with van der Waals surface area (Å²) in [6, 6.07) is 12.1. The fourth-order valence-electron chi connectivity index (χ4n) is 3.07. The van der Waals surface area contributed by atoms with E-state index in [1.807, 2.05) is 31.2 Å². The van der Waals surface area contributed by atoms with Gasteiger partial charge in [0.05, 0.1) is 11.5 Å². The van der Waals surface area contributed by atoms with Gasteiger partial charge in [-0.15, -0.1) is 11.8 Å². The van der Waals surface area contributed by atoms with Gasteiger partial charge in [-0.05, 0) is 50.1 Å². The molecule has 0 atom stereocenters. The maximum atomic E-state index is 13.9. The smallest absolute Gasteiger partial charge is 0.234 e. The van der Waals surface area contributed by atoms with Crippen molar-refractivity contribution in [1.82, 2.24) is 0 Å². The van der Waals surface area contributed by atoms with Gasteiger partial charge in [-0.1, -0.05) is 17.7 Å². The van der Waals surface area contributed by atoms with Crippen LogP contribution in [0.5, 0.6) is 0 Å². The lowest BCUT2D eigenvalue weighted by Crippen LogP contribution is -2.20. The van der Waals surface area contributed by atoms with Crippen molar-refractivity contribution in [2.24, 2.45) is 0 Å². The molecule has 148 valence electrons. The summed E-state index contributed by atoms with van der Waals surface area (Å²) in [7, 11) is 0. The molecule has 2 aromatic rings. The molecule has 5 nitrogen and oxygen atoms in total. The second-order valence-corrected chi connectivity index (χ2v) is 7.83. The summed E-state index contributed by atoms with van der Waals surface area (Å²) < 4.78 is 13.9. The van der Waals surface area contributed by atoms with Gasteiger partial charge in [0, 0.05) is 30.2 Å². The molecule has 0 aliphatic carbocycles. The van der Waals surface area contributed by atoms with Crippen LogP contribution < -0.4 is 15.5 Å². The van der Waals surface area contributed by atoms with Gasteiger partial charge in [0.15, 0.2) is 0 Å². The Hall–Kier alpha value is -2.54. The minimum Gasteiger partial charge on any atom is -0.371 e. The molecule has 28 heavy (non-hydrogen) atoms. The molecular formula is C21H24FN3O2S. The van der Waals surface area contributed by atoms with Gasteiger partial charge in [0.25, 0.3) is 0 Å². The number of aryl methyl sites for hydroxylation is 1. The second-order valence-electron chi connectivity index (χ2n) is 6.85. The predicted octanol–water partition coefficient (Wildman–Crippen LogP) is 4.04. The van der Waals surface area contributed by atoms with Gasteiger partial charge >= 0.3 is 0 Å². The first kappa shape index (κ1) is 20.2. The van der Waals surface area contributed by atoms with E-state index in [1.165, 1.54) is 23.9 Å². The lowest BCUT2D eigenvalue weighted by molar-refractivity contribution is -0.114. The van der Waals surface area contributed by atoms with Crippen LogP contribution in [0.15, 0.2) is 42.5 Å². The van der Waals surface area contributed by atoms with Crippen molar-refractivity contribution in [3.05, 3.63) is 53.8 Å². The molecule has 2 amide bonds. The Balaban J connectivity index is 1.45. The van der Waals surface area contributed by atoms with E-state index in [0.29, 0.717) is 5.69 Å². The Morgan fingerprint density at radius 1 is 0.964 bits per heavy atom. The number of rotatable bonds is 7. The number of carbonyl (C=O) groups excluding carboxylic acids is 2. The van der Waals surface area contributed by atoms with Gasteiger partial charge < -0.3 is 15.5 Å². The number of anilines is 3. The van der Waals surface area contributed by atoms with Crippen molar-refractivity contribution >= 4 is 40.6 Å². The molecule has 2 N–H and O–H groups in total. The number of carbonyl (C=O) groups is 2. The first-order chi connectivity index (χ1) is 13.5. The minimum atomic E-state index is -0.371. The number of nitrogens with zero attached hydrogens (tertiary/aromatic N) is 1. The molecule has 0 bridgehead atoms. The molecule has 0 unspecified atom stereocenters. The highest BCUT2D eigenvalue weighted by atomic mass is 32.2. The van der Waals surface area contributed by atoms with Crippen LogP contribution in [0, 0.1) is 12.7 Å². The molecule has 0 spiro atoms. The van der Waals surface area contributed by atoms with Crippen LogP contribution in [0.3, 0.4) is 0 Å². The maximum absolute atomic E-state index is 13.9. The number of amides is 2. The van der Waals surface area contributed by atoms with Crippen molar-refractivity contribution < 1.29 is 14.0 Å². The average Bonchev–Trinajstić information content (AvgIpc) is 3.18. The van der Waals surface area contributed by atoms with E-state index >= 15 is 0 Å². The molecule has 1 saturated heterocycles. The predicted molar refractivity (Wildman–Crippen MR) is 114 cm³/mol. The molecular weight excluding hydrogens is 377 g/mol. The van der Waals surface area contributed by atoms with Crippen molar-refractivity contribution in [1.29, 1.82) is 0 Å². The van der Waals surface area contributed by atoms with E-state index in [4.69, 9.17) is 0 Å². The van der Waals surface area contributed by atoms with Crippen molar-refractivity contribution in [2.75, 3.05) is 40.1 Å². The molecule has 0 radical (unpaired) electrons. The third kappa shape index (κ3) is 5.99. The minimum absolute atomic E-state index is 0.122. The molecule has 0 saturated carbocycles. The molecule has 1 aliphatic rings. The largest absolute Gasteiger partial charge is 0.371 e. The molecule has 2 aromatic carbocycles. The standard InChI is InChI=1S/C21H24FN3O2S/c1-15-4-6-17(7-5-15)23-20(26)13-28-14-21(27)24-18-10-16(22)11-19(12-18)25-8-2-3-9-25/h4-7,10-12H,2-3,8-9,13-14H2,1H3,(H,23,26)(H,24,27). The zero-order chi connectivity index (χ0) is 19.9. The highest BCUT2D eigenvalue weighted by molar-refractivity contribution is 8.00. The molecule has 0 aromatic heterocycles. The van der Waals surface area contributed by atoms with Crippen molar-refractivity contribution in [2.45, 2.75) is 19.8 Å². The number of hydrogen-bond donors (Lipinski definition) is 2. The summed E-state index contributed by atoms with van der Waals surface area (Å²) in [6.45, 7) is 3.79. The highest BCUT2D eigenvalue weighted by Crippen LogP contribution is 2.25. The summed E-state index contributed by atoms with van der Waals surface area (Å²) in [5.74, 6) is -0.500. The van der Waals surface area contributed by atoms with Crippen LogP contribution in [0.2, 0.25) is 0 Å². The topological polar surface area (TPSA) is 61.4 Å². The fourth-order valence-corrected chi connectivity index (χ4v) is 3.69. The zero-order valence-corrected chi connectivity index (χ0v) is 16.7. The van der Waals surface area contributed by atoms with E-state index in [1.54, 1.807) is 6.07 Å². The van der Waals surface area contributed by atoms with E-state index in [9.17, 15) is 14.0 Å². The fraction of sp³-hybridized carbons (Fsp3) is 0.333. The van der Waals surface area contributed by atoms with E-state index < -0.39 is 0 Å². The Bertz CT molecular complexity index is 836. The van der Waals surface area contributed by atoms with E-state index in [0.717, 1.165) is 42.9 Å². The molecule has 7 heteroatoms. The SMILES string of the molecule is Cc1ccc(NC(=O)CSCC(=O)Nc2cc(F)cc(N3CCCC3)c2)cc1. The van der Waals surface area contributed by atoms with Crippen molar-refractivity contribution in [3.63, 3.8) is 0 Å². The normalized spacial score (nSPS) is 13.4. The number of nitrogens with one attached hydrogen (secondary N) is 2. The number of halogens is 1. The van der Waals surface area contributed by atoms with Gasteiger partial charge in [0.1, 0.15) is 5.82 Å². The van der Waals surface area contributed by atoms with Crippen LogP contribution in [0.1, 0.15) is 18.4 Å². The summed E-state index contributed by atoms with van der Waals surface area (Å²) in [5.41, 5.74) is 3.08. The monoisotopic (exact) mass is 401 g/mol. The number of benzene rings is 2. The van der Waals surface area contributed by atoms with Crippen molar-refractivity contribution in [3.8, 4) is 0 Å². The Kier molecular flexibility index (Phi) is 6.92. The lowest BCUT2D eigenvalue weighted by Gasteiger charge is -2.18. The van der Waals surface area contributed by atoms with Crippen LogP contribution in [0.25, 0.3) is 0 Å². The summed E-state index contributed by atoms with van der Waals surface area (Å²) in [4.78, 5) is 26.2. The second kappa shape index (κ2) is 9.59. The molecule has 1 aliphatic heterocycles. The van der Waals surface area contributed by atoms with Crippen LogP contribution in [0.4, 0.5) is 21.5 Å². The van der Waals surface area contributed by atoms with Gasteiger partial charge in [-0.25, -0.2) is 4.39 Å². The quantitative estimate of drug-likeness (QED) is 0.735. The zero-order valence-electron chi connectivity index (χ0n) is 15.8. The first-order valence-corrected chi connectivity index (χ1v) is 10.4. The number of hydrogen-bond acceptors (Lipinski definition) is 4. The number of thioether (sulfide) groups is 1. The summed E-state index contributed by atoms with van der Waals surface area (Å²) >= 11 is 1.22. The van der Waals surface area contributed by atoms with Crippen LogP contribution in [-0.4, -0.2) is 36.4 Å². The Morgan fingerprint density at radius 3 is 2.21 bits per heavy atom. The molecule has 1 fully saturated rings. The molecule has 1 heterocycles. The van der Waals surface area contributed by atoms with Gasteiger partial charge in [0.2, 0.25) is 11.8 Å². The van der Waals surface area contributed by atoms with E-state index in [2.05, 4.69) is 15.5 Å². The highest BCUT2D eigenvalue weighted by Gasteiger charge is 2.15. The van der Waals surface area contributed by atoms with Gasteiger partial charge in [-0.3, -0.25) is 9.59 Å². The Morgan fingerprint density at radius 2 is 1.57 bits per heavy atom. The average molecular weight is 402 g/mol. The van der Waals surface area contributed by atoms with E-state index in [-0.39, 0.29) is 29.1 Å². The van der Waals surface area contributed by atoms with Crippen LogP contribution >= 0.6 is 11.8 Å². The van der Waals surface area contributed by atoms with Crippen LogP contribution in [-0.2, 0) is 9.59 Å². The van der Waals surface area contributed by atoms with Gasteiger partial charge in [-0.2, -0.15) is 0 Å². The lowest BCUT2D eigenvalue weighted by atomic mass is 10.2. The molecule has 3 rings (SSSR count). The third-order valence-electron chi connectivity index (χ3n) is 4.44. The Labute approximate surface area is 168 Å². The third-order valence-corrected chi connectivity index (χ3v) is 5.37. The summed E-state index contributed by atoms with van der Waals surface area (Å²) in [6.07, 6.45) is 2.19.